The van der Waals surface area contributed by atoms with Crippen molar-refractivity contribution in [1.82, 2.24) is 10.3 Å². The lowest BCUT2D eigenvalue weighted by Crippen LogP contribution is -2.28. The summed E-state index contributed by atoms with van der Waals surface area (Å²) in [7, 11) is 0. The highest BCUT2D eigenvalue weighted by molar-refractivity contribution is 5.29. The summed E-state index contributed by atoms with van der Waals surface area (Å²) in [4.78, 5) is 3.96. The lowest BCUT2D eigenvalue weighted by Gasteiger charge is -2.09. The van der Waals surface area contributed by atoms with E-state index in [-0.39, 0.29) is 12.6 Å². The maximum Gasteiger partial charge on any atom is 0.123 e. The Morgan fingerprint density at radius 3 is 2.92 bits per heavy atom. The van der Waals surface area contributed by atoms with Gasteiger partial charge in [0.1, 0.15) is 5.82 Å². The van der Waals surface area contributed by atoms with Crippen LogP contribution in [0, 0.1) is 0 Å². The zero-order valence-electron chi connectivity index (χ0n) is 7.70. The number of rotatable bonds is 4. The molecule has 0 aliphatic heterocycles. The third-order valence-electron chi connectivity index (χ3n) is 1.78. The van der Waals surface area contributed by atoms with Gasteiger partial charge in [0, 0.05) is 18.8 Å². The molecule has 0 saturated carbocycles. The molecule has 0 radical (unpaired) electrons. The zero-order valence-corrected chi connectivity index (χ0v) is 7.70. The van der Waals surface area contributed by atoms with Crippen molar-refractivity contribution < 1.29 is 5.11 Å². The van der Waals surface area contributed by atoms with Gasteiger partial charge in [-0.2, -0.15) is 0 Å². The van der Waals surface area contributed by atoms with E-state index in [1.54, 1.807) is 12.3 Å². The zero-order chi connectivity index (χ0) is 9.68. The Balaban J connectivity index is 2.41. The molecule has 0 spiro atoms. The second kappa shape index (κ2) is 4.79. The predicted octanol–water partition coefficient (Wildman–Crippen LogP) is 0.134. The highest BCUT2D eigenvalue weighted by Gasteiger charge is 1.98. The minimum Gasteiger partial charge on any atom is -0.395 e. The molecule has 4 nitrogen and oxygen atoms in total. The normalized spacial score (nSPS) is 12.8. The number of nitrogen functional groups attached to an aromatic ring is 1. The van der Waals surface area contributed by atoms with Gasteiger partial charge in [0.15, 0.2) is 0 Å². The smallest absolute Gasteiger partial charge is 0.123 e. The van der Waals surface area contributed by atoms with Gasteiger partial charge < -0.3 is 16.2 Å². The van der Waals surface area contributed by atoms with Crippen LogP contribution < -0.4 is 11.1 Å². The molecule has 4 N–H and O–H groups in total. The minimum atomic E-state index is 0.109. The van der Waals surface area contributed by atoms with Crippen LogP contribution in [0.5, 0.6) is 0 Å². The molecular formula is C9H15N3O. The van der Waals surface area contributed by atoms with Gasteiger partial charge in [-0.15, -0.1) is 0 Å². The van der Waals surface area contributed by atoms with Crippen LogP contribution in [-0.2, 0) is 6.54 Å². The number of pyridine rings is 1. The molecule has 0 bridgehead atoms. The first-order valence-corrected chi connectivity index (χ1v) is 4.27. The van der Waals surface area contributed by atoms with Crippen LogP contribution in [0.2, 0.25) is 0 Å². The molecule has 1 rings (SSSR count). The average molecular weight is 181 g/mol. The van der Waals surface area contributed by atoms with Crippen molar-refractivity contribution in [3.05, 3.63) is 23.9 Å². The summed E-state index contributed by atoms with van der Waals surface area (Å²) >= 11 is 0. The van der Waals surface area contributed by atoms with Gasteiger partial charge in [0.2, 0.25) is 0 Å². The maximum atomic E-state index is 8.76. The van der Waals surface area contributed by atoms with Gasteiger partial charge in [0.05, 0.1) is 6.61 Å². The van der Waals surface area contributed by atoms with E-state index in [2.05, 4.69) is 10.3 Å². The van der Waals surface area contributed by atoms with E-state index >= 15 is 0 Å². The van der Waals surface area contributed by atoms with Gasteiger partial charge >= 0.3 is 0 Å². The molecule has 4 heteroatoms. The number of hydrogen-bond donors (Lipinski definition) is 3. The topological polar surface area (TPSA) is 71.2 Å². The second-order valence-corrected chi connectivity index (χ2v) is 3.06. The van der Waals surface area contributed by atoms with E-state index in [0.29, 0.717) is 12.4 Å². The summed E-state index contributed by atoms with van der Waals surface area (Å²) in [6, 6.07) is 3.79. The third-order valence-corrected chi connectivity index (χ3v) is 1.78. The van der Waals surface area contributed by atoms with Crippen molar-refractivity contribution in [2.75, 3.05) is 12.3 Å². The Morgan fingerprint density at radius 2 is 2.38 bits per heavy atom. The highest BCUT2D eigenvalue weighted by atomic mass is 16.3. The fraction of sp³-hybridized carbons (Fsp3) is 0.444. The first kappa shape index (κ1) is 9.95. The number of hydrogen-bond acceptors (Lipinski definition) is 4. The van der Waals surface area contributed by atoms with Crippen molar-refractivity contribution in [2.45, 2.75) is 19.5 Å². The van der Waals surface area contributed by atoms with E-state index in [1.807, 2.05) is 13.0 Å². The number of aliphatic hydroxyl groups excluding tert-OH is 1. The fourth-order valence-electron chi connectivity index (χ4n) is 0.897. The molecular weight excluding hydrogens is 166 g/mol. The summed E-state index contributed by atoms with van der Waals surface area (Å²) in [5.74, 6) is 0.527. The maximum absolute atomic E-state index is 8.76. The van der Waals surface area contributed by atoms with Crippen molar-refractivity contribution in [3.63, 3.8) is 0 Å². The van der Waals surface area contributed by atoms with Gasteiger partial charge in [-0.25, -0.2) is 4.98 Å². The Morgan fingerprint density at radius 1 is 1.62 bits per heavy atom. The van der Waals surface area contributed by atoms with Crippen LogP contribution in [0.15, 0.2) is 18.3 Å². The summed E-state index contributed by atoms with van der Waals surface area (Å²) < 4.78 is 0. The van der Waals surface area contributed by atoms with Crippen LogP contribution in [0.25, 0.3) is 0 Å². The first-order valence-electron chi connectivity index (χ1n) is 4.27. The predicted molar refractivity (Wildman–Crippen MR) is 52.0 cm³/mol. The average Bonchev–Trinajstić information content (AvgIpc) is 2.16. The number of nitrogens with zero attached hydrogens (tertiary/aromatic N) is 1. The molecule has 1 atom stereocenters. The van der Waals surface area contributed by atoms with E-state index in [1.165, 1.54) is 0 Å². The van der Waals surface area contributed by atoms with Gasteiger partial charge in [-0.1, -0.05) is 6.07 Å². The number of nitrogens with two attached hydrogens (primary N) is 1. The fourth-order valence-corrected chi connectivity index (χ4v) is 0.897. The summed E-state index contributed by atoms with van der Waals surface area (Å²) in [6.45, 7) is 2.77. The standard InChI is InChI=1S/C9H15N3O/c1-7(6-13)11-4-8-2-3-9(10)12-5-8/h2-3,5,7,11,13H,4,6H2,1H3,(H2,10,12). The van der Waals surface area contributed by atoms with Crippen LogP contribution in [-0.4, -0.2) is 22.7 Å². The third kappa shape index (κ3) is 3.40. The molecule has 0 aliphatic carbocycles. The van der Waals surface area contributed by atoms with Crippen LogP contribution in [0.3, 0.4) is 0 Å². The molecule has 0 aromatic carbocycles. The lowest BCUT2D eigenvalue weighted by atomic mass is 10.2. The van der Waals surface area contributed by atoms with Crippen LogP contribution in [0.1, 0.15) is 12.5 Å². The minimum absolute atomic E-state index is 0.109. The number of anilines is 1. The summed E-state index contributed by atoms with van der Waals surface area (Å²) in [6.07, 6.45) is 1.73. The van der Waals surface area contributed by atoms with E-state index in [0.717, 1.165) is 5.56 Å². The first-order chi connectivity index (χ1) is 6.22. The molecule has 0 fully saturated rings. The molecule has 1 heterocycles. The summed E-state index contributed by atoms with van der Waals surface area (Å²) in [5, 5.41) is 11.9. The van der Waals surface area contributed by atoms with E-state index < -0.39 is 0 Å². The van der Waals surface area contributed by atoms with Gasteiger partial charge in [-0.3, -0.25) is 0 Å². The highest BCUT2D eigenvalue weighted by Crippen LogP contribution is 2.00. The van der Waals surface area contributed by atoms with Crippen LogP contribution >= 0.6 is 0 Å². The largest absolute Gasteiger partial charge is 0.395 e. The molecule has 0 aliphatic rings. The Hall–Kier alpha value is -1.13. The van der Waals surface area contributed by atoms with Crippen molar-refractivity contribution in [2.24, 2.45) is 0 Å². The van der Waals surface area contributed by atoms with Gasteiger partial charge in [0.25, 0.3) is 0 Å². The molecule has 72 valence electrons. The molecule has 1 aromatic rings. The quantitative estimate of drug-likeness (QED) is 0.617. The lowest BCUT2D eigenvalue weighted by molar-refractivity contribution is 0.251. The molecule has 1 unspecified atom stereocenters. The number of aliphatic hydroxyl groups is 1. The number of nitrogens with one attached hydrogen (secondary N) is 1. The number of aromatic nitrogens is 1. The Labute approximate surface area is 77.8 Å². The molecule has 1 aromatic heterocycles. The van der Waals surface area contributed by atoms with Crippen molar-refractivity contribution in [1.29, 1.82) is 0 Å². The van der Waals surface area contributed by atoms with Gasteiger partial charge in [-0.05, 0) is 18.6 Å². The molecule has 13 heavy (non-hydrogen) atoms. The summed E-state index contributed by atoms with van der Waals surface area (Å²) in [5.41, 5.74) is 6.50. The van der Waals surface area contributed by atoms with E-state index in [9.17, 15) is 0 Å². The van der Waals surface area contributed by atoms with Crippen molar-refractivity contribution >= 4 is 5.82 Å². The SMILES string of the molecule is CC(CO)NCc1ccc(N)nc1. The Kier molecular flexibility index (Phi) is 3.67. The van der Waals surface area contributed by atoms with Crippen LogP contribution in [0.4, 0.5) is 5.82 Å². The monoisotopic (exact) mass is 181 g/mol. The second-order valence-electron chi connectivity index (χ2n) is 3.06. The van der Waals surface area contributed by atoms with E-state index in [4.69, 9.17) is 10.8 Å². The van der Waals surface area contributed by atoms with Crippen molar-refractivity contribution in [3.8, 4) is 0 Å². The molecule has 0 saturated heterocycles. The molecule has 0 amide bonds. The Bertz CT molecular complexity index is 248.